The average molecular weight is 235 g/mol. The van der Waals surface area contributed by atoms with Crippen molar-refractivity contribution in [2.24, 2.45) is 0 Å². The van der Waals surface area contributed by atoms with Gasteiger partial charge in [0.15, 0.2) is 0 Å². The third-order valence-electron chi connectivity index (χ3n) is 3.17. The molecule has 0 spiro atoms. The summed E-state index contributed by atoms with van der Waals surface area (Å²) in [5.74, 6) is 0.779. The van der Waals surface area contributed by atoms with E-state index in [-0.39, 0.29) is 5.54 Å². The maximum absolute atomic E-state index is 4.54. The number of nitrogens with zero attached hydrogens (tertiary/aromatic N) is 2. The zero-order valence-electron chi connectivity index (χ0n) is 11.6. The third-order valence-corrected chi connectivity index (χ3v) is 3.17. The first-order chi connectivity index (χ1) is 8.01. The van der Waals surface area contributed by atoms with Gasteiger partial charge in [0, 0.05) is 35.8 Å². The summed E-state index contributed by atoms with van der Waals surface area (Å²) in [4.78, 5) is 0. The maximum atomic E-state index is 4.54. The standard InChI is InChI=1S/C14H25N3/c1-5-8-17-13(11-6-7-11)12(10-16-17)9-15-14(2,3)4/h10-11,15H,5-9H2,1-4H3. The van der Waals surface area contributed by atoms with Crippen LogP contribution in [-0.4, -0.2) is 15.3 Å². The molecule has 1 aliphatic rings. The Hall–Kier alpha value is -0.830. The van der Waals surface area contributed by atoms with Crippen LogP contribution in [0.4, 0.5) is 0 Å². The fourth-order valence-corrected chi connectivity index (χ4v) is 2.15. The molecule has 3 nitrogen and oxygen atoms in total. The van der Waals surface area contributed by atoms with Crippen LogP contribution in [0.25, 0.3) is 0 Å². The van der Waals surface area contributed by atoms with Gasteiger partial charge in [0.1, 0.15) is 0 Å². The van der Waals surface area contributed by atoms with E-state index in [4.69, 9.17) is 0 Å². The average Bonchev–Trinajstić information content (AvgIpc) is 2.98. The number of aromatic nitrogens is 2. The lowest BCUT2D eigenvalue weighted by Crippen LogP contribution is -2.35. The molecule has 3 heteroatoms. The number of rotatable bonds is 5. The summed E-state index contributed by atoms with van der Waals surface area (Å²) in [6.07, 6.45) is 5.91. The summed E-state index contributed by atoms with van der Waals surface area (Å²) in [7, 11) is 0. The molecule has 2 rings (SSSR count). The molecule has 0 radical (unpaired) electrons. The molecule has 1 aromatic rings. The van der Waals surface area contributed by atoms with Crippen LogP contribution >= 0.6 is 0 Å². The maximum Gasteiger partial charge on any atom is 0.0537 e. The highest BCUT2D eigenvalue weighted by atomic mass is 15.3. The zero-order chi connectivity index (χ0) is 12.5. The lowest BCUT2D eigenvalue weighted by atomic mass is 10.1. The molecule has 1 N–H and O–H groups in total. The molecule has 0 aliphatic heterocycles. The van der Waals surface area contributed by atoms with Crippen molar-refractivity contribution in [3.8, 4) is 0 Å². The summed E-state index contributed by atoms with van der Waals surface area (Å²) in [5, 5.41) is 8.11. The van der Waals surface area contributed by atoms with E-state index in [2.05, 4.69) is 49.0 Å². The van der Waals surface area contributed by atoms with Crippen molar-refractivity contribution in [2.45, 2.75) is 71.5 Å². The van der Waals surface area contributed by atoms with Gasteiger partial charge in [-0.05, 0) is 40.0 Å². The normalized spacial score (nSPS) is 16.5. The molecule has 96 valence electrons. The molecule has 1 aromatic heterocycles. The van der Waals surface area contributed by atoms with Gasteiger partial charge in [-0.1, -0.05) is 6.92 Å². The minimum Gasteiger partial charge on any atom is -0.308 e. The van der Waals surface area contributed by atoms with E-state index >= 15 is 0 Å². The molecule has 0 aromatic carbocycles. The molecule has 0 saturated heterocycles. The van der Waals surface area contributed by atoms with Crippen molar-refractivity contribution in [1.82, 2.24) is 15.1 Å². The summed E-state index contributed by atoms with van der Waals surface area (Å²) in [5.41, 5.74) is 3.06. The fraction of sp³-hybridized carbons (Fsp3) is 0.786. The van der Waals surface area contributed by atoms with Gasteiger partial charge >= 0.3 is 0 Å². The quantitative estimate of drug-likeness (QED) is 0.850. The van der Waals surface area contributed by atoms with Crippen LogP contribution in [0.5, 0.6) is 0 Å². The Bertz CT molecular complexity index is 369. The van der Waals surface area contributed by atoms with Crippen LogP contribution in [0, 0.1) is 0 Å². The highest BCUT2D eigenvalue weighted by Crippen LogP contribution is 2.41. The van der Waals surface area contributed by atoms with E-state index < -0.39 is 0 Å². The number of hydrogen-bond acceptors (Lipinski definition) is 2. The van der Waals surface area contributed by atoms with E-state index in [0.717, 1.165) is 25.4 Å². The second-order valence-corrected chi connectivity index (χ2v) is 6.16. The molecular formula is C14H25N3. The van der Waals surface area contributed by atoms with Crippen molar-refractivity contribution in [1.29, 1.82) is 0 Å². The first-order valence-electron chi connectivity index (χ1n) is 6.81. The van der Waals surface area contributed by atoms with E-state index in [1.54, 1.807) is 0 Å². The van der Waals surface area contributed by atoms with Gasteiger partial charge in [-0.15, -0.1) is 0 Å². The highest BCUT2D eigenvalue weighted by molar-refractivity contribution is 5.25. The van der Waals surface area contributed by atoms with E-state index in [1.807, 2.05) is 0 Å². The molecule has 1 heterocycles. The van der Waals surface area contributed by atoms with Gasteiger partial charge in [-0.3, -0.25) is 4.68 Å². The van der Waals surface area contributed by atoms with Gasteiger partial charge in [-0.2, -0.15) is 5.10 Å². The monoisotopic (exact) mass is 235 g/mol. The largest absolute Gasteiger partial charge is 0.308 e. The van der Waals surface area contributed by atoms with E-state index in [1.165, 1.54) is 24.1 Å². The van der Waals surface area contributed by atoms with Crippen molar-refractivity contribution in [3.05, 3.63) is 17.5 Å². The second kappa shape index (κ2) is 4.81. The Kier molecular flexibility index (Phi) is 3.57. The van der Waals surface area contributed by atoms with Gasteiger partial charge in [-0.25, -0.2) is 0 Å². The number of aryl methyl sites for hydroxylation is 1. The smallest absolute Gasteiger partial charge is 0.0537 e. The summed E-state index contributed by atoms with van der Waals surface area (Å²) in [6.45, 7) is 10.8. The van der Waals surface area contributed by atoms with Crippen molar-refractivity contribution in [2.75, 3.05) is 0 Å². The Labute approximate surface area is 105 Å². The molecule has 0 unspecified atom stereocenters. The Morgan fingerprint density at radius 1 is 1.41 bits per heavy atom. The minimum absolute atomic E-state index is 0.174. The Morgan fingerprint density at radius 2 is 2.12 bits per heavy atom. The molecule has 17 heavy (non-hydrogen) atoms. The third kappa shape index (κ3) is 3.32. The van der Waals surface area contributed by atoms with Crippen LogP contribution in [0.3, 0.4) is 0 Å². The second-order valence-electron chi connectivity index (χ2n) is 6.16. The van der Waals surface area contributed by atoms with Gasteiger partial charge in [0.05, 0.1) is 6.20 Å². The summed E-state index contributed by atoms with van der Waals surface area (Å²) < 4.78 is 2.22. The van der Waals surface area contributed by atoms with Crippen molar-refractivity contribution < 1.29 is 0 Å². The zero-order valence-corrected chi connectivity index (χ0v) is 11.6. The number of hydrogen-bond donors (Lipinski definition) is 1. The Morgan fingerprint density at radius 3 is 2.65 bits per heavy atom. The molecule has 0 amide bonds. The van der Waals surface area contributed by atoms with Crippen LogP contribution in [-0.2, 0) is 13.1 Å². The molecule has 1 fully saturated rings. The molecule has 1 saturated carbocycles. The number of nitrogens with one attached hydrogen (secondary N) is 1. The fourth-order valence-electron chi connectivity index (χ4n) is 2.15. The van der Waals surface area contributed by atoms with Crippen LogP contribution in [0.1, 0.15) is 64.1 Å². The first kappa shape index (κ1) is 12.6. The van der Waals surface area contributed by atoms with Gasteiger partial charge in [0.2, 0.25) is 0 Å². The predicted octanol–water partition coefficient (Wildman–Crippen LogP) is 3.06. The summed E-state index contributed by atoms with van der Waals surface area (Å²) in [6, 6.07) is 0. The Balaban J connectivity index is 2.10. The predicted molar refractivity (Wildman–Crippen MR) is 71.1 cm³/mol. The van der Waals surface area contributed by atoms with Crippen LogP contribution in [0.2, 0.25) is 0 Å². The van der Waals surface area contributed by atoms with Crippen molar-refractivity contribution in [3.63, 3.8) is 0 Å². The summed E-state index contributed by atoms with van der Waals surface area (Å²) >= 11 is 0. The molecule has 1 aliphatic carbocycles. The van der Waals surface area contributed by atoms with Crippen molar-refractivity contribution >= 4 is 0 Å². The minimum atomic E-state index is 0.174. The molecular weight excluding hydrogens is 210 g/mol. The lowest BCUT2D eigenvalue weighted by molar-refractivity contribution is 0.423. The lowest BCUT2D eigenvalue weighted by Gasteiger charge is -2.20. The first-order valence-corrected chi connectivity index (χ1v) is 6.81. The van der Waals surface area contributed by atoms with E-state index in [0.29, 0.717) is 0 Å². The topological polar surface area (TPSA) is 29.9 Å². The van der Waals surface area contributed by atoms with Gasteiger partial charge in [0.25, 0.3) is 0 Å². The molecule has 0 bridgehead atoms. The van der Waals surface area contributed by atoms with E-state index in [9.17, 15) is 0 Å². The molecule has 0 atom stereocenters. The highest BCUT2D eigenvalue weighted by Gasteiger charge is 2.30. The SMILES string of the molecule is CCCn1ncc(CNC(C)(C)C)c1C1CC1. The van der Waals surface area contributed by atoms with Gasteiger partial charge < -0.3 is 5.32 Å². The van der Waals surface area contributed by atoms with Crippen LogP contribution in [0.15, 0.2) is 6.20 Å². The van der Waals surface area contributed by atoms with Crippen LogP contribution < -0.4 is 5.32 Å².